The van der Waals surface area contributed by atoms with Gasteiger partial charge in [-0.25, -0.2) is 0 Å². The summed E-state index contributed by atoms with van der Waals surface area (Å²) in [6.45, 7) is 3.11. The SMILES string of the molecule is Cc1ccc(C(=O)N2CCCC(c3nnc(-c4ccc(C(F)(F)F)cc4)o3)C2)s1. The lowest BCUT2D eigenvalue weighted by Crippen LogP contribution is -2.38. The Balaban J connectivity index is 1.48. The van der Waals surface area contributed by atoms with Crippen LogP contribution in [0.1, 0.15) is 44.8 Å². The van der Waals surface area contributed by atoms with E-state index in [1.807, 2.05) is 19.1 Å². The zero-order valence-electron chi connectivity index (χ0n) is 15.6. The van der Waals surface area contributed by atoms with Crippen LogP contribution in [0.2, 0.25) is 0 Å². The molecule has 1 saturated heterocycles. The molecule has 1 aliphatic rings. The van der Waals surface area contributed by atoms with E-state index in [4.69, 9.17) is 4.42 Å². The molecule has 1 fully saturated rings. The molecule has 0 N–H and O–H groups in total. The molecule has 1 aromatic carbocycles. The second-order valence-electron chi connectivity index (χ2n) is 7.02. The summed E-state index contributed by atoms with van der Waals surface area (Å²) in [5.74, 6) is 0.477. The highest BCUT2D eigenvalue weighted by atomic mass is 32.1. The van der Waals surface area contributed by atoms with Crippen LogP contribution in [0, 0.1) is 6.92 Å². The summed E-state index contributed by atoms with van der Waals surface area (Å²) in [5.41, 5.74) is -0.305. The van der Waals surface area contributed by atoms with Crippen molar-refractivity contribution in [2.24, 2.45) is 0 Å². The number of likely N-dealkylation sites (tertiary alicyclic amines) is 1. The molecule has 152 valence electrons. The first kappa shape index (κ1) is 19.6. The quantitative estimate of drug-likeness (QED) is 0.587. The minimum Gasteiger partial charge on any atom is -0.420 e. The number of nitrogens with zero attached hydrogens (tertiary/aromatic N) is 3. The maximum atomic E-state index is 12.7. The average Bonchev–Trinajstić information content (AvgIpc) is 3.36. The van der Waals surface area contributed by atoms with E-state index in [1.54, 1.807) is 4.90 Å². The Hall–Kier alpha value is -2.68. The number of hydrogen-bond donors (Lipinski definition) is 0. The average molecular weight is 421 g/mol. The summed E-state index contributed by atoms with van der Waals surface area (Å²) in [6, 6.07) is 8.37. The number of rotatable bonds is 3. The minimum atomic E-state index is -4.39. The standard InChI is InChI=1S/C20H18F3N3O2S/c1-12-4-9-16(29-12)19(27)26-10-2-3-14(11-26)18-25-24-17(28-18)13-5-7-15(8-6-13)20(21,22)23/h4-9,14H,2-3,10-11H2,1H3. The number of benzene rings is 1. The minimum absolute atomic E-state index is 0.00437. The van der Waals surface area contributed by atoms with Gasteiger partial charge in [0.05, 0.1) is 16.4 Å². The molecule has 3 aromatic rings. The van der Waals surface area contributed by atoms with Crippen LogP contribution in [0.25, 0.3) is 11.5 Å². The first-order valence-corrected chi connectivity index (χ1v) is 9.99. The molecule has 0 bridgehead atoms. The Kier molecular flexibility index (Phi) is 5.16. The van der Waals surface area contributed by atoms with E-state index in [9.17, 15) is 18.0 Å². The van der Waals surface area contributed by atoms with Crippen molar-refractivity contribution < 1.29 is 22.4 Å². The van der Waals surface area contributed by atoms with Crippen LogP contribution in [0.3, 0.4) is 0 Å². The topological polar surface area (TPSA) is 59.2 Å². The summed E-state index contributed by atoms with van der Waals surface area (Å²) in [4.78, 5) is 16.3. The second-order valence-corrected chi connectivity index (χ2v) is 8.31. The molecule has 1 aliphatic heterocycles. The van der Waals surface area contributed by atoms with Gasteiger partial charge in [0, 0.05) is 23.5 Å². The molecule has 5 nitrogen and oxygen atoms in total. The third-order valence-corrected chi connectivity index (χ3v) is 5.90. The molecule has 2 aromatic heterocycles. The van der Waals surface area contributed by atoms with E-state index in [-0.39, 0.29) is 17.7 Å². The van der Waals surface area contributed by atoms with Gasteiger partial charge in [0.15, 0.2) is 0 Å². The molecule has 1 unspecified atom stereocenters. The van der Waals surface area contributed by atoms with Gasteiger partial charge in [0.25, 0.3) is 5.91 Å². The first-order valence-electron chi connectivity index (χ1n) is 9.18. The van der Waals surface area contributed by atoms with E-state index in [0.29, 0.717) is 29.4 Å². The molecule has 3 heterocycles. The monoisotopic (exact) mass is 421 g/mol. The Bertz CT molecular complexity index is 1010. The van der Waals surface area contributed by atoms with Crippen LogP contribution in [0.4, 0.5) is 13.2 Å². The highest BCUT2D eigenvalue weighted by Crippen LogP contribution is 2.32. The van der Waals surface area contributed by atoms with Crippen molar-refractivity contribution in [3.8, 4) is 11.5 Å². The van der Waals surface area contributed by atoms with Crippen molar-refractivity contribution >= 4 is 17.2 Å². The third kappa shape index (κ3) is 4.19. The molecule has 29 heavy (non-hydrogen) atoms. The fraction of sp³-hybridized carbons (Fsp3) is 0.350. The van der Waals surface area contributed by atoms with Gasteiger partial charge in [-0.1, -0.05) is 0 Å². The zero-order chi connectivity index (χ0) is 20.6. The summed E-state index contributed by atoms with van der Waals surface area (Å²) in [6.07, 6.45) is -2.77. The van der Waals surface area contributed by atoms with Crippen molar-refractivity contribution in [2.75, 3.05) is 13.1 Å². The van der Waals surface area contributed by atoms with Gasteiger partial charge >= 0.3 is 6.18 Å². The predicted molar refractivity (Wildman–Crippen MR) is 102 cm³/mol. The first-order chi connectivity index (χ1) is 13.8. The third-order valence-electron chi connectivity index (χ3n) is 4.91. The number of aryl methyl sites for hydroxylation is 1. The maximum absolute atomic E-state index is 12.7. The lowest BCUT2D eigenvalue weighted by Gasteiger charge is -2.30. The second kappa shape index (κ2) is 7.62. The van der Waals surface area contributed by atoms with E-state index < -0.39 is 11.7 Å². The van der Waals surface area contributed by atoms with Gasteiger partial charge in [-0.2, -0.15) is 13.2 Å². The van der Waals surface area contributed by atoms with E-state index >= 15 is 0 Å². The molecular formula is C20H18F3N3O2S. The molecule has 4 rings (SSSR count). The summed E-state index contributed by atoms with van der Waals surface area (Å²) in [7, 11) is 0. The highest BCUT2D eigenvalue weighted by molar-refractivity contribution is 7.13. The van der Waals surface area contributed by atoms with Gasteiger partial charge in [0.1, 0.15) is 0 Å². The summed E-state index contributed by atoms with van der Waals surface area (Å²) < 4.78 is 43.9. The molecule has 0 spiro atoms. The zero-order valence-corrected chi connectivity index (χ0v) is 16.4. The predicted octanol–water partition coefficient (Wildman–Crippen LogP) is 5.15. The molecule has 0 saturated carbocycles. The Morgan fingerprint density at radius 2 is 1.93 bits per heavy atom. The Morgan fingerprint density at radius 1 is 1.17 bits per heavy atom. The largest absolute Gasteiger partial charge is 0.420 e. The Labute approximate surface area is 169 Å². The van der Waals surface area contributed by atoms with Gasteiger partial charge < -0.3 is 9.32 Å². The fourth-order valence-electron chi connectivity index (χ4n) is 3.39. The van der Waals surface area contributed by atoms with E-state index in [1.165, 1.54) is 23.5 Å². The highest BCUT2D eigenvalue weighted by Gasteiger charge is 2.31. The molecule has 1 amide bonds. The van der Waals surface area contributed by atoms with Gasteiger partial charge in [-0.3, -0.25) is 4.79 Å². The van der Waals surface area contributed by atoms with E-state index in [0.717, 1.165) is 29.9 Å². The van der Waals surface area contributed by atoms with Crippen LogP contribution in [0.15, 0.2) is 40.8 Å². The number of aromatic nitrogens is 2. The van der Waals surface area contributed by atoms with E-state index in [2.05, 4.69) is 10.2 Å². The fourth-order valence-corrected chi connectivity index (χ4v) is 4.22. The number of amides is 1. The smallest absolute Gasteiger partial charge is 0.416 e. The van der Waals surface area contributed by atoms with Crippen LogP contribution in [-0.2, 0) is 6.18 Å². The number of carbonyl (C=O) groups is 1. The molecular weight excluding hydrogens is 403 g/mol. The molecule has 1 atom stereocenters. The van der Waals surface area contributed by atoms with Crippen molar-refractivity contribution in [2.45, 2.75) is 31.9 Å². The van der Waals surface area contributed by atoms with Gasteiger partial charge in [0.2, 0.25) is 11.8 Å². The normalized spacial score (nSPS) is 17.5. The summed E-state index contributed by atoms with van der Waals surface area (Å²) >= 11 is 1.47. The van der Waals surface area contributed by atoms with Crippen molar-refractivity contribution in [3.05, 3.63) is 57.6 Å². The Morgan fingerprint density at radius 3 is 2.59 bits per heavy atom. The number of piperidine rings is 1. The van der Waals surface area contributed by atoms with Crippen LogP contribution in [0.5, 0.6) is 0 Å². The maximum Gasteiger partial charge on any atom is 0.416 e. The summed E-state index contributed by atoms with van der Waals surface area (Å²) in [5, 5.41) is 8.07. The van der Waals surface area contributed by atoms with Crippen molar-refractivity contribution in [1.29, 1.82) is 0 Å². The van der Waals surface area contributed by atoms with Gasteiger partial charge in [-0.05, 0) is 56.2 Å². The van der Waals surface area contributed by atoms with Crippen LogP contribution >= 0.6 is 11.3 Å². The lowest BCUT2D eigenvalue weighted by atomic mass is 9.98. The van der Waals surface area contributed by atoms with Crippen LogP contribution in [-0.4, -0.2) is 34.1 Å². The molecule has 9 heteroatoms. The number of thiophene rings is 1. The van der Waals surface area contributed by atoms with Crippen molar-refractivity contribution in [1.82, 2.24) is 15.1 Å². The number of hydrogen-bond acceptors (Lipinski definition) is 5. The molecule has 0 aliphatic carbocycles. The van der Waals surface area contributed by atoms with Crippen LogP contribution < -0.4 is 0 Å². The number of alkyl halides is 3. The number of halogens is 3. The number of carbonyl (C=O) groups excluding carboxylic acids is 1. The van der Waals surface area contributed by atoms with Crippen molar-refractivity contribution in [3.63, 3.8) is 0 Å². The van der Waals surface area contributed by atoms with Gasteiger partial charge in [-0.15, -0.1) is 21.5 Å². The lowest BCUT2D eigenvalue weighted by molar-refractivity contribution is -0.137. The molecule has 0 radical (unpaired) electrons.